The molecule has 0 aromatic heterocycles. The fourth-order valence-electron chi connectivity index (χ4n) is 5.69. The molecule has 0 radical (unpaired) electrons. The van der Waals surface area contributed by atoms with Gasteiger partial charge in [-0.25, -0.2) is 0 Å². The molecule has 11 nitrogen and oxygen atoms in total. The number of hydrogen-bond donors (Lipinski definition) is 6. The topological polar surface area (TPSA) is 190 Å². The number of rotatable bonds is 4. The van der Waals surface area contributed by atoms with Gasteiger partial charge in [-0.2, -0.15) is 0 Å². The van der Waals surface area contributed by atoms with E-state index in [2.05, 4.69) is 5.32 Å². The van der Waals surface area contributed by atoms with Crippen molar-refractivity contribution in [2.24, 2.45) is 17.6 Å². The summed E-state index contributed by atoms with van der Waals surface area (Å²) < 4.78 is 0. The Balaban J connectivity index is 1.93. The van der Waals surface area contributed by atoms with Crippen molar-refractivity contribution < 1.29 is 39.6 Å². The number of fused-ring (bicyclic) bond motifs is 3. The van der Waals surface area contributed by atoms with Crippen molar-refractivity contribution in [2.75, 3.05) is 14.1 Å². The molecule has 1 aromatic rings. The van der Waals surface area contributed by atoms with Gasteiger partial charge in [0.1, 0.15) is 22.8 Å². The highest BCUT2D eigenvalue weighted by molar-refractivity contribution is 6.24. The lowest BCUT2D eigenvalue weighted by Gasteiger charge is -2.50. The Bertz CT molecular complexity index is 1250. The summed E-state index contributed by atoms with van der Waals surface area (Å²) in [4.78, 5) is 51.7. The zero-order valence-corrected chi connectivity index (χ0v) is 19.5. The number of benzene rings is 1. The lowest BCUT2D eigenvalue weighted by atomic mass is 9.57. The van der Waals surface area contributed by atoms with Crippen molar-refractivity contribution in [3.63, 3.8) is 0 Å². The quantitative estimate of drug-likeness (QED) is 0.308. The molecule has 0 saturated heterocycles. The maximum atomic E-state index is 13.7. The van der Waals surface area contributed by atoms with Gasteiger partial charge in [-0.3, -0.25) is 24.1 Å². The third-order valence-corrected chi connectivity index (χ3v) is 7.23. The Morgan fingerprint density at radius 3 is 2.43 bits per heavy atom. The minimum absolute atomic E-state index is 0.000987. The van der Waals surface area contributed by atoms with Crippen LogP contribution in [0.15, 0.2) is 29.0 Å². The Morgan fingerprint density at radius 1 is 1.20 bits per heavy atom. The van der Waals surface area contributed by atoms with Crippen LogP contribution in [-0.2, 0) is 32.1 Å². The molecular weight excluding hydrogens is 458 g/mol. The Kier molecular flexibility index (Phi) is 5.73. The zero-order valence-electron chi connectivity index (χ0n) is 19.5. The first-order chi connectivity index (χ1) is 16.3. The summed E-state index contributed by atoms with van der Waals surface area (Å²) in [7, 11) is 3.08. The van der Waals surface area contributed by atoms with Gasteiger partial charge in [-0.15, -0.1) is 0 Å². The van der Waals surface area contributed by atoms with Gasteiger partial charge < -0.3 is 31.5 Å². The van der Waals surface area contributed by atoms with Gasteiger partial charge >= 0.3 is 0 Å². The molecule has 0 spiro atoms. The number of ketones is 2. The third-order valence-electron chi connectivity index (χ3n) is 7.23. The molecule has 0 bridgehead atoms. The number of nitrogens with two attached hydrogens (primary N) is 1. The van der Waals surface area contributed by atoms with Crippen LogP contribution in [-0.4, -0.2) is 74.4 Å². The second-order valence-electron chi connectivity index (χ2n) is 9.47. The van der Waals surface area contributed by atoms with Crippen LogP contribution in [0.3, 0.4) is 0 Å². The highest BCUT2D eigenvalue weighted by Gasteiger charge is 2.64. The number of carbonyl (C=O) groups excluding carboxylic acids is 4. The van der Waals surface area contributed by atoms with Gasteiger partial charge in [0, 0.05) is 25.0 Å². The summed E-state index contributed by atoms with van der Waals surface area (Å²) in [5.41, 5.74) is 2.68. The Hall–Kier alpha value is -3.70. The van der Waals surface area contributed by atoms with Gasteiger partial charge in [0.05, 0.1) is 11.6 Å². The summed E-state index contributed by atoms with van der Waals surface area (Å²) in [5.74, 6) is -7.24. The molecule has 7 N–H and O–H groups in total. The molecule has 1 aromatic carbocycles. The molecule has 0 heterocycles. The Morgan fingerprint density at radius 2 is 1.86 bits per heavy atom. The SMILES string of the molecule is CC(=O)NCc1ccc(O)c2c1C[C@H]1C[C@H]3[C@H](N(C)C)C(=O)C(C(N)=O)=C(O)[C@@]3(O)C(=O)C1=C2O. The van der Waals surface area contributed by atoms with Gasteiger partial charge in [0.15, 0.2) is 11.4 Å². The van der Waals surface area contributed by atoms with Crippen LogP contribution >= 0.6 is 0 Å². The minimum atomic E-state index is -2.67. The molecule has 0 unspecified atom stereocenters. The number of phenolic OH excluding ortho intramolecular Hbond substituents is 1. The van der Waals surface area contributed by atoms with Crippen molar-refractivity contribution in [2.45, 2.75) is 38.0 Å². The molecule has 1 saturated carbocycles. The Labute approximate surface area is 200 Å². The normalized spacial score (nSPS) is 28.0. The molecule has 3 aliphatic carbocycles. The number of carbonyl (C=O) groups is 4. The zero-order chi connectivity index (χ0) is 26.0. The maximum absolute atomic E-state index is 13.7. The second-order valence-corrected chi connectivity index (χ2v) is 9.47. The van der Waals surface area contributed by atoms with Crippen molar-refractivity contribution in [1.82, 2.24) is 10.2 Å². The van der Waals surface area contributed by atoms with Crippen molar-refractivity contribution >= 4 is 29.1 Å². The number of primary amides is 1. The molecule has 2 amide bonds. The molecule has 35 heavy (non-hydrogen) atoms. The van der Waals surface area contributed by atoms with E-state index < -0.39 is 58.0 Å². The van der Waals surface area contributed by atoms with Gasteiger partial charge in [0.25, 0.3) is 5.91 Å². The van der Waals surface area contributed by atoms with E-state index in [1.165, 1.54) is 32.0 Å². The van der Waals surface area contributed by atoms with Crippen molar-refractivity contribution in [3.8, 4) is 5.75 Å². The average molecular weight is 485 g/mol. The fourth-order valence-corrected chi connectivity index (χ4v) is 5.69. The van der Waals surface area contributed by atoms with Crippen LogP contribution < -0.4 is 11.1 Å². The summed E-state index contributed by atoms with van der Waals surface area (Å²) in [6.45, 7) is 1.48. The summed E-state index contributed by atoms with van der Waals surface area (Å²) in [6, 6.07) is 1.78. The molecule has 1 fully saturated rings. The van der Waals surface area contributed by atoms with Gasteiger partial charge in [-0.05, 0) is 50.0 Å². The number of phenols is 1. The van der Waals surface area contributed by atoms with Crippen LogP contribution in [0.4, 0.5) is 0 Å². The fraction of sp³-hybridized carbons (Fsp3) is 0.417. The molecule has 11 heteroatoms. The van der Waals surface area contributed by atoms with Crippen LogP contribution in [0.1, 0.15) is 30.0 Å². The summed E-state index contributed by atoms with van der Waals surface area (Å²) in [5, 5.41) is 46.7. The molecule has 4 rings (SSSR count). The first kappa shape index (κ1) is 24.4. The van der Waals surface area contributed by atoms with E-state index >= 15 is 0 Å². The first-order valence-electron chi connectivity index (χ1n) is 11.0. The number of aromatic hydroxyl groups is 1. The number of likely N-dealkylation sites (N-methyl/N-ethyl adjacent to an activating group) is 1. The molecule has 3 aliphatic rings. The van der Waals surface area contributed by atoms with E-state index in [9.17, 15) is 39.6 Å². The number of nitrogens with zero attached hydrogens (tertiary/aromatic N) is 1. The number of aliphatic hydroxyl groups is 3. The maximum Gasteiger partial charge on any atom is 0.255 e. The molecule has 186 valence electrons. The molecule has 4 atom stereocenters. The third kappa shape index (κ3) is 3.41. The van der Waals surface area contributed by atoms with Gasteiger partial charge in [-0.1, -0.05) is 6.07 Å². The van der Waals surface area contributed by atoms with E-state index in [0.717, 1.165) is 0 Å². The lowest BCUT2D eigenvalue weighted by molar-refractivity contribution is -0.153. The highest BCUT2D eigenvalue weighted by Crippen LogP contribution is 2.52. The van der Waals surface area contributed by atoms with E-state index in [0.29, 0.717) is 11.1 Å². The minimum Gasteiger partial charge on any atom is -0.508 e. The van der Waals surface area contributed by atoms with Crippen LogP contribution in [0, 0.1) is 11.8 Å². The second kappa shape index (κ2) is 8.21. The number of nitrogens with one attached hydrogen (secondary N) is 1. The molecule has 0 aliphatic heterocycles. The van der Waals surface area contributed by atoms with E-state index in [1.54, 1.807) is 6.07 Å². The highest BCUT2D eigenvalue weighted by atomic mass is 16.3. The van der Waals surface area contributed by atoms with Crippen LogP contribution in [0.5, 0.6) is 5.75 Å². The summed E-state index contributed by atoms with van der Waals surface area (Å²) >= 11 is 0. The standard InChI is InChI=1S/C24H27N3O8/c1-9(28)26-8-10-4-5-14(29)16-12(10)6-11-7-13-18(27(2)3)20(31)17(23(25)34)22(33)24(13,35)21(32)15(11)19(16)30/h4-5,11,13,18,29-30,33,35H,6-8H2,1-3H3,(H2,25,34)(H,26,28)/t11-,13-,18-,24-/m0/s1. The average Bonchev–Trinajstić information content (AvgIpc) is 2.75. The lowest BCUT2D eigenvalue weighted by Crippen LogP contribution is -2.65. The number of aliphatic hydroxyl groups excluding tert-OH is 2. The van der Waals surface area contributed by atoms with E-state index in [4.69, 9.17) is 5.73 Å². The number of amides is 2. The van der Waals surface area contributed by atoms with Crippen LogP contribution in [0.2, 0.25) is 0 Å². The molecular formula is C24H27N3O8. The van der Waals surface area contributed by atoms with Crippen molar-refractivity contribution in [3.05, 3.63) is 45.7 Å². The summed E-state index contributed by atoms with van der Waals surface area (Å²) in [6.07, 6.45) is 0.166. The van der Waals surface area contributed by atoms with E-state index in [1.807, 2.05) is 0 Å². The predicted molar refractivity (Wildman–Crippen MR) is 122 cm³/mol. The first-order valence-corrected chi connectivity index (χ1v) is 11.0. The predicted octanol–water partition coefficient (Wildman–Crippen LogP) is -0.400. The van der Waals surface area contributed by atoms with Crippen LogP contribution in [0.25, 0.3) is 5.76 Å². The largest absolute Gasteiger partial charge is 0.508 e. The monoisotopic (exact) mass is 485 g/mol. The smallest absolute Gasteiger partial charge is 0.255 e. The number of hydrogen-bond acceptors (Lipinski definition) is 9. The number of Topliss-reactive ketones (excluding diaryl/α,β-unsaturated/α-hetero) is 2. The van der Waals surface area contributed by atoms with Crippen molar-refractivity contribution in [1.29, 1.82) is 0 Å². The van der Waals surface area contributed by atoms with E-state index in [-0.39, 0.29) is 42.2 Å². The van der Waals surface area contributed by atoms with Gasteiger partial charge in [0.2, 0.25) is 11.7 Å².